The number of hydrogen-bond donors (Lipinski definition) is 2. The van der Waals surface area contributed by atoms with E-state index in [9.17, 15) is 14.8 Å². The monoisotopic (exact) mass is 413 g/mol. The number of aliphatic hydroxyl groups excluding tert-OH is 1. The number of unbranched alkanes of at least 4 members (excludes halogenated alkanes) is 2. The van der Waals surface area contributed by atoms with Crippen molar-refractivity contribution in [2.45, 2.75) is 70.3 Å². The van der Waals surface area contributed by atoms with E-state index in [1.807, 2.05) is 22.9 Å². The molecule has 0 atom stereocenters. The molecule has 0 radical (unpaired) electrons. The lowest BCUT2D eigenvalue weighted by Crippen LogP contribution is -2.26. The van der Waals surface area contributed by atoms with E-state index in [0.717, 1.165) is 37.7 Å². The molecule has 0 aliphatic rings. The van der Waals surface area contributed by atoms with Crippen LogP contribution in [0.5, 0.6) is 0 Å². The van der Waals surface area contributed by atoms with Crippen LogP contribution in [0.2, 0.25) is 0 Å². The summed E-state index contributed by atoms with van der Waals surface area (Å²) in [6, 6.07) is 3.74. The molecule has 8 heteroatoms. The van der Waals surface area contributed by atoms with Crippen molar-refractivity contribution >= 4 is 27.5 Å². The van der Waals surface area contributed by atoms with Crippen molar-refractivity contribution in [2.75, 3.05) is 12.8 Å². The molecule has 1 amide bonds. The van der Waals surface area contributed by atoms with Crippen molar-refractivity contribution in [3.8, 4) is 0 Å². The number of aromatic nitrogens is 1. The minimum atomic E-state index is -0.141. The second kappa shape index (κ2) is 13.1. The molecule has 0 aromatic carbocycles. The number of pyridine rings is 1. The molecule has 1 aromatic rings. The molecule has 1 rings (SSSR count). The summed E-state index contributed by atoms with van der Waals surface area (Å²) in [5.74, 6) is 0.123. The summed E-state index contributed by atoms with van der Waals surface area (Å²) in [7, 11) is 3.55. The second-order valence-corrected chi connectivity index (χ2v) is 10.2. The summed E-state index contributed by atoms with van der Waals surface area (Å²) in [6.07, 6.45) is 7.28. The van der Waals surface area contributed by atoms with Crippen LogP contribution in [0.3, 0.4) is 0 Å². The normalized spacial score (nSPS) is 11.4. The van der Waals surface area contributed by atoms with Gasteiger partial charge in [0.1, 0.15) is 6.54 Å². The van der Waals surface area contributed by atoms with Gasteiger partial charge in [-0.05, 0) is 63.5 Å². The van der Waals surface area contributed by atoms with Crippen LogP contribution in [0.25, 0.3) is 0 Å². The molecule has 0 bridgehead atoms. The van der Waals surface area contributed by atoms with Gasteiger partial charge in [-0.2, -0.15) is 4.91 Å². The first-order valence-electron chi connectivity index (χ1n) is 9.27. The van der Waals surface area contributed by atoms with E-state index < -0.39 is 0 Å². The van der Waals surface area contributed by atoms with Crippen molar-refractivity contribution in [1.29, 1.82) is 0 Å². The Hall–Kier alpha value is -1.12. The predicted octanol–water partition coefficient (Wildman–Crippen LogP) is 4.24. The van der Waals surface area contributed by atoms with Gasteiger partial charge in [0.25, 0.3) is 0 Å². The second-order valence-electron chi connectivity index (χ2n) is 7.07. The Morgan fingerprint density at radius 2 is 2.00 bits per heavy atom. The summed E-state index contributed by atoms with van der Waals surface area (Å²) in [5.41, 5.74) is 2.23. The van der Waals surface area contributed by atoms with Crippen molar-refractivity contribution in [3.05, 3.63) is 34.0 Å². The van der Waals surface area contributed by atoms with Crippen molar-refractivity contribution in [3.63, 3.8) is 0 Å². The molecule has 0 aliphatic heterocycles. The highest BCUT2D eigenvalue weighted by Crippen LogP contribution is 2.36. The molecule has 0 saturated heterocycles. The van der Waals surface area contributed by atoms with Gasteiger partial charge in [0.15, 0.2) is 0 Å². The maximum absolute atomic E-state index is 11.9. The number of nitrogens with zero attached hydrogens (tertiary/aromatic N) is 2. The molecule has 6 nitrogen and oxygen atoms in total. The Bertz CT molecular complexity index is 598. The summed E-state index contributed by atoms with van der Waals surface area (Å²) in [6.45, 7) is 4.92. The lowest BCUT2D eigenvalue weighted by molar-refractivity contribution is -0.121. The molecule has 0 saturated carbocycles. The summed E-state index contributed by atoms with van der Waals surface area (Å²) in [5, 5.41) is 15.1. The maximum Gasteiger partial charge on any atom is 0.220 e. The van der Waals surface area contributed by atoms with Gasteiger partial charge in [-0.15, -0.1) is 0 Å². The quantitative estimate of drug-likeness (QED) is 0.269. The molecule has 1 heterocycles. The average molecular weight is 414 g/mol. The Kier molecular flexibility index (Phi) is 11.6. The number of hydrogen-bond acceptors (Lipinski definition) is 7. The number of rotatable bonds is 14. The highest BCUT2D eigenvalue weighted by molar-refractivity contribution is 8.76. The minimum Gasteiger partial charge on any atom is -0.390 e. The van der Waals surface area contributed by atoms with Crippen LogP contribution in [-0.4, -0.2) is 33.5 Å². The molecule has 152 valence electrons. The van der Waals surface area contributed by atoms with Crippen LogP contribution >= 0.6 is 21.6 Å². The van der Waals surface area contributed by atoms with Crippen molar-refractivity contribution in [1.82, 2.24) is 10.3 Å². The number of nitrogens with one attached hydrogen (secondary N) is 1. The van der Waals surface area contributed by atoms with E-state index in [-0.39, 0.29) is 23.8 Å². The first-order chi connectivity index (χ1) is 12.9. The first kappa shape index (κ1) is 23.9. The first-order valence-corrected chi connectivity index (χ1v) is 11.8. The van der Waals surface area contributed by atoms with E-state index in [2.05, 4.69) is 35.6 Å². The molecular weight excluding hydrogens is 382 g/mol. The van der Waals surface area contributed by atoms with E-state index in [1.54, 1.807) is 10.8 Å². The molecule has 0 fully saturated rings. The van der Waals surface area contributed by atoms with Crippen LogP contribution in [0.1, 0.15) is 62.9 Å². The lowest BCUT2D eigenvalue weighted by atomic mass is 10.1. The zero-order valence-electron chi connectivity index (χ0n) is 16.5. The number of amides is 1. The standard InChI is InChI=1S/C19H31N3O3S2/c1-19(2,27-26-3)9-8-18(24)20-10-6-4-5-7-15-11-16(13-21-25)22-17(12-15)14-23/h11-12,23H,4-10,13-14H2,1-3H3,(H,20,24). The van der Waals surface area contributed by atoms with Crippen molar-refractivity contribution < 1.29 is 9.90 Å². The van der Waals surface area contributed by atoms with E-state index in [1.165, 1.54) is 0 Å². The van der Waals surface area contributed by atoms with Crippen LogP contribution in [0.4, 0.5) is 0 Å². The van der Waals surface area contributed by atoms with Gasteiger partial charge >= 0.3 is 0 Å². The third kappa shape index (κ3) is 10.7. The Morgan fingerprint density at radius 3 is 2.67 bits per heavy atom. The maximum atomic E-state index is 11.9. The van der Waals surface area contributed by atoms with E-state index in [4.69, 9.17) is 0 Å². The van der Waals surface area contributed by atoms with E-state index >= 15 is 0 Å². The smallest absolute Gasteiger partial charge is 0.220 e. The predicted molar refractivity (Wildman–Crippen MR) is 115 cm³/mol. The van der Waals surface area contributed by atoms with E-state index in [0.29, 0.717) is 24.4 Å². The van der Waals surface area contributed by atoms with Crippen LogP contribution < -0.4 is 5.32 Å². The third-order valence-corrected chi connectivity index (χ3v) is 6.78. The number of nitroso groups, excluding NO2 is 1. The third-order valence-electron chi connectivity index (χ3n) is 4.11. The van der Waals surface area contributed by atoms with Crippen LogP contribution in [0.15, 0.2) is 17.3 Å². The van der Waals surface area contributed by atoms with Gasteiger partial charge in [-0.1, -0.05) is 33.2 Å². The molecule has 27 heavy (non-hydrogen) atoms. The fourth-order valence-corrected chi connectivity index (χ4v) is 4.96. The van der Waals surface area contributed by atoms with Crippen LogP contribution in [0, 0.1) is 4.91 Å². The molecule has 0 unspecified atom stereocenters. The Balaban J connectivity index is 2.22. The summed E-state index contributed by atoms with van der Waals surface area (Å²) >= 11 is 0. The van der Waals surface area contributed by atoms with Gasteiger partial charge in [-0.25, -0.2) is 0 Å². The van der Waals surface area contributed by atoms with Crippen LogP contribution in [-0.2, 0) is 24.4 Å². The van der Waals surface area contributed by atoms with Gasteiger partial charge in [-0.3, -0.25) is 9.78 Å². The van der Waals surface area contributed by atoms with Gasteiger partial charge in [0.2, 0.25) is 5.91 Å². The fraction of sp³-hybridized carbons (Fsp3) is 0.684. The van der Waals surface area contributed by atoms with Gasteiger partial charge in [0, 0.05) is 17.7 Å². The van der Waals surface area contributed by atoms with Crippen molar-refractivity contribution in [2.24, 2.45) is 5.18 Å². The molecule has 0 spiro atoms. The lowest BCUT2D eigenvalue weighted by Gasteiger charge is -2.21. The van der Waals surface area contributed by atoms with Gasteiger partial charge < -0.3 is 10.4 Å². The average Bonchev–Trinajstić information content (AvgIpc) is 2.63. The number of carbonyl (C=O) groups excluding carboxylic acids is 1. The Labute approximate surface area is 170 Å². The number of aryl methyl sites for hydroxylation is 1. The highest BCUT2D eigenvalue weighted by Gasteiger charge is 2.19. The molecule has 1 aromatic heterocycles. The SMILES string of the molecule is CSSC(C)(C)CCC(=O)NCCCCCc1cc(CO)nc(CN=O)c1. The minimum absolute atomic E-state index is 0.0269. The molecule has 2 N–H and O–H groups in total. The molecule has 0 aliphatic carbocycles. The zero-order valence-corrected chi connectivity index (χ0v) is 18.1. The number of carbonyl (C=O) groups is 1. The fourth-order valence-electron chi connectivity index (χ4n) is 2.72. The zero-order chi connectivity index (χ0) is 20.1. The summed E-state index contributed by atoms with van der Waals surface area (Å²) < 4.78 is 0.118. The summed E-state index contributed by atoms with van der Waals surface area (Å²) in [4.78, 5) is 26.5. The molecular formula is C19H31N3O3S2. The Morgan fingerprint density at radius 1 is 1.26 bits per heavy atom. The number of aliphatic hydroxyl groups is 1. The van der Waals surface area contributed by atoms with Gasteiger partial charge in [0.05, 0.1) is 18.0 Å². The largest absolute Gasteiger partial charge is 0.390 e. The topological polar surface area (TPSA) is 91.7 Å². The highest BCUT2D eigenvalue weighted by atomic mass is 33.1.